The zero-order chi connectivity index (χ0) is 11.8. The molecule has 0 N–H and O–H groups in total. The summed E-state index contributed by atoms with van der Waals surface area (Å²) in [6, 6.07) is 0. The average Bonchev–Trinajstić information content (AvgIpc) is 2.06. The monoisotopic (exact) mass is 309 g/mol. The number of alkyl halides is 5. The molecule has 0 aliphatic heterocycles. The first-order valence-corrected chi connectivity index (χ1v) is 4.61. The minimum absolute atomic E-state index is 0.448. The van der Waals surface area contributed by atoms with E-state index in [1.807, 2.05) is 0 Å². The highest BCUT2D eigenvalue weighted by Gasteiger charge is 2.37. The van der Waals surface area contributed by atoms with Crippen molar-refractivity contribution in [2.75, 3.05) is 0 Å². The van der Waals surface area contributed by atoms with Gasteiger partial charge in [-0.05, 0) is 15.9 Å². The lowest BCUT2D eigenvalue weighted by Gasteiger charge is -2.11. The fourth-order valence-electron chi connectivity index (χ4n) is 0.828. The van der Waals surface area contributed by atoms with Gasteiger partial charge in [0.2, 0.25) is 0 Å². The topological polar surface area (TPSA) is 12.9 Å². The number of hydrogen-bond donors (Lipinski definition) is 0. The highest BCUT2D eigenvalue weighted by atomic mass is 79.9. The Balaban J connectivity index is 3.34. The Bertz CT molecular complexity index is 378. The molecular weight excluding hydrogens is 308 g/mol. The van der Waals surface area contributed by atoms with Crippen molar-refractivity contribution in [3.05, 3.63) is 26.9 Å². The summed E-state index contributed by atoms with van der Waals surface area (Å²) in [7, 11) is 0. The normalized spacial score (nSPS) is 12.3. The molecule has 84 valence electrons. The van der Waals surface area contributed by atoms with E-state index in [-0.39, 0.29) is 0 Å². The van der Waals surface area contributed by atoms with E-state index >= 15 is 0 Å². The fraction of sp³-hybridized carbons (Fsp3) is 0.286. The van der Waals surface area contributed by atoms with Gasteiger partial charge < -0.3 is 0 Å². The van der Waals surface area contributed by atoms with Gasteiger partial charge >= 0.3 is 6.18 Å². The Kier molecular flexibility index (Phi) is 3.55. The Morgan fingerprint density at radius 3 is 2.27 bits per heavy atom. The summed E-state index contributed by atoms with van der Waals surface area (Å²) in [4.78, 5) is 2.86. The molecule has 1 heterocycles. The molecule has 0 aliphatic rings. The molecule has 0 saturated carbocycles. The van der Waals surface area contributed by atoms with Crippen LogP contribution in [0.25, 0.3) is 0 Å². The number of pyridine rings is 1. The maximum absolute atomic E-state index is 12.2. The molecule has 0 spiro atoms. The van der Waals surface area contributed by atoms with Crippen LogP contribution in [-0.2, 0) is 6.18 Å². The Hall–Kier alpha value is -0.430. The van der Waals surface area contributed by atoms with Crippen LogP contribution in [0.4, 0.5) is 22.0 Å². The number of aromatic nitrogens is 1. The van der Waals surface area contributed by atoms with Crippen LogP contribution >= 0.6 is 27.5 Å². The van der Waals surface area contributed by atoms with Gasteiger partial charge in [0.1, 0.15) is 0 Å². The molecule has 0 radical (unpaired) electrons. The largest absolute Gasteiger partial charge is 0.434 e. The lowest BCUT2D eigenvalue weighted by Crippen LogP contribution is -2.10. The second kappa shape index (κ2) is 4.21. The maximum atomic E-state index is 12.2. The standard InChI is InChI=1S/C7H2BrClF5N/c8-3-2(6(10)11)1-15-5(4(3)9)7(12,13)14/h1,6H. The molecule has 1 aromatic rings. The van der Waals surface area contributed by atoms with E-state index in [1.54, 1.807) is 0 Å². The quantitative estimate of drug-likeness (QED) is 0.698. The average molecular weight is 310 g/mol. The highest BCUT2D eigenvalue weighted by Crippen LogP contribution is 2.40. The van der Waals surface area contributed by atoms with Crippen molar-refractivity contribution in [1.82, 2.24) is 4.98 Å². The molecule has 0 fully saturated rings. The third-order valence-corrected chi connectivity index (χ3v) is 2.94. The van der Waals surface area contributed by atoms with Crippen molar-refractivity contribution in [3.8, 4) is 0 Å². The van der Waals surface area contributed by atoms with Crippen LogP contribution in [-0.4, -0.2) is 4.98 Å². The van der Waals surface area contributed by atoms with Crippen molar-refractivity contribution in [3.63, 3.8) is 0 Å². The van der Waals surface area contributed by atoms with E-state index in [0.29, 0.717) is 6.20 Å². The van der Waals surface area contributed by atoms with Gasteiger partial charge in [-0.1, -0.05) is 11.6 Å². The van der Waals surface area contributed by atoms with E-state index in [4.69, 9.17) is 11.6 Å². The summed E-state index contributed by atoms with van der Waals surface area (Å²) in [6.07, 6.45) is -7.25. The molecule has 0 amide bonds. The van der Waals surface area contributed by atoms with Crippen LogP contribution in [0.2, 0.25) is 5.02 Å². The first-order chi connectivity index (χ1) is 6.75. The van der Waals surface area contributed by atoms with E-state index in [9.17, 15) is 22.0 Å². The molecule has 0 unspecified atom stereocenters. The third-order valence-electron chi connectivity index (χ3n) is 1.49. The van der Waals surface area contributed by atoms with Crippen LogP contribution in [0.1, 0.15) is 17.7 Å². The molecule has 1 aromatic heterocycles. The summed E-state index contributed by atoms with van der Waals surface area (Å²) in [6.45, 7) is 0. The van der Waals surface area contributed by atoms with E-state index in [1.165, 1.54) is 0 Å². The molecular formula is C7H2BrClF5N. The van der Waals surface area contributed by atoms with Crippen molar-refractivity contribution in [2.24, 2.45) is 0 Å². The van der Waals surface area contributed by atoms with Crippen molar-refractivity contribution in [2.45, 2.75) is 12.6 Å². The summed E-state index contributed by atoms with van der Waals surface area (Å²) in [5.74, 6) is 0. The Morgan fingerprint density at radius 1 is 1.33 bits per heavy atom. The molecule has 0 aromatic carbocycles. The van der Waals surface area contributed by atoms with E-state index < -0.39 is 33.4 Å². The zero-order valence-corrected chi connectivity index (χ0v) is 9.09. The first kappa shape index (κ1) is 12.6. The molecule has 1 rings (SSSR count). The van der Waals surface area contributed by atoms with Gasteiger partial charge in [0.25, 0.3) is 6.43 Å². The van der Waals surface area contributed by atoms with E-state index in [0.717, 1.165) is 0 Å². The SMILES string of the molecule is FC(F)c1cnc(C(F)(F)F)c(Cl)c1Br. The van der Waals surface area contributed by atoms with Gasteiger partial charge in [-0.3, -0.25) is 0 Å². The summed E-state index contributed by atoms with van der Waals surface area (Å²) < 4.78 is 60.6. The Labute approximate surface area is 94.4 Å². The maximum Gasteiger partial charge on any atom is 0.434 e. The number of nitrogens with zero attached hydrogens (tertiary/aromatic N) is 1. The molecule has 1 nitrogen and oxygen atoms in total. The second-order valence-electron chi connectivity index (χ2n) is 2.49. The summed E-state index contributed by atoms with van der Waals surface area (Å²) in [5.41, 5.74) is -2.06. The zero-order valence-electron chi connectivity index (χ0n) is 6.75. The molecule has 0 saturated heterocycles. The number of hydrogen-bond acceptors (Lipinski definition) is 1. The van der Waals surface area contributed by atoms with Crippen LogP contribution in [0.5, 0.6) is 0 Å². The van der Waals surface area contributed by atoms with Crippen LogP contribution in [0.15, 0.2) is 10.7 Å². The number of halogens is 7. The van der Waals surface area contributed by atoms with Crippen LogP contribution in [0.3, 0.4) is 0 Å². The Morgan fingerprint density at radius 2 is 1.87 bits per heavy atom. The predicted molar refractivity (Wildman–Crippen MR) is 46.9 cm³/mol. The summed E-state index contributed by atoms with van der Waals surface area (Å²) in [5, 5.41) is -0.861. The van der Waals surface area contributed by atoms with Crippen molar-refractivity contribution in [1.29, 1.82) is 0 Å². The molecule has 0 bridgehead atoms. The van der Waals surface area contributed by atoms with Gasteiger partial charge in [-0.25, -0.2) is 13.8 Å². The van der Waals surface area contributed by atoms with Gasteiger partial charge in [0.05, 0.1) is 10.6 Å². The third kappa shape index (κ3) is 2.57. The van der Waals surface area contributed by atoms with Gasteiger partial charge in [0, 0.05) is 10.7 Å². The van der Waals surface area contributed by atoms with Gasteiger partial charge in [-0.2, -0.15) is 13.2 Å². The number of rotatable bonds is 1. The lowest BCUT2D eigenvalue weighted by molar-refractivity contribution is -0.141. The van der Waals surface area contributed by atoms with Gasteiger partial charge in [-0.15, -0.1) is 0 Å². The predicted octanol–water partition coefficient (Wildman–Crippen LogP) is 4.45. The van der Waals surface area contributed by atoms with Gasteiger partial charge in [0.15, 0.2) is 5.69 Å². The second-order valence-corrected chi connectivity index (χ2v) is 3.66. The summed E-state index contributed by atoms with van der Waals surface area (Å²) >= 11 is 7.84. The smallest absolute Gasteiger partial charge is 0.250 e. The molecule has 0 atom stereocenters. The minimum atomic E-state index is -4.76. The van der Waals surface area contributed by atoms with Crippen LogP contribution < -0.4 is 0 Å². The van der Waals surface area contributed by atoms with Crippen LogP contribution in [0, 0.1) is 0 Å². The fourth-order valence-corrected chi connectivity index (χ4v) is 1.56. The highest BCUT2D eigenvalue weighted by molar-refractivity contribution is 9.10. The lowest BCUT2D eigenvalue weighted by atomic mass is 10.2. The molecule has 8 heteroatoms. The molecule has 0 aliphatic carbocycles. The minimum Gasteiger partial charge on any atom is -0.250 e. The van der Waals surface area contributed by atoms with Crippen molar-refractivity contribution < 1.29 is 22.0 Å². The molecule has 15 heavy (non-hydrogen) atoms. The van der Waals surface area contributed by atoms with E-state index in [2.05, 4.69) is 20.9 Å². The van der Waals surface area contributed by atoms with Crippen molar-refractivity contribution >= 4 is 27.5 Å². The first-order valence-electron chi connectivity index (χ1n) is 3.44.